The topological polar surface area (TPSA) is 389 Å². The fourth-order valence-electron chi connectivity index (χ4n) is 23.0. The minimum atomic E-state index is -3.14. The van der Waals surface area contributed by atoms with Crippen LogP contribution in [0.2, 0.25) is 16.6 Å². The number of nitrogens with one attached hydrogen (secondary N) is 2. The number of aromatic nitrogens is 2. The fraction of sp³-hybridized carbons (Fsp3) is 0.600. The van der Waals surface area contributed by atoms with Crippen molar-refractivity contribution < 1.29 is 133 Å². The number of rotatable bonds is 24. The van der Waals surface area contributed by atoms with Crippen molar-refractivity contribution in [2.75, 3.05) is 33.9 Å². The number of carbonyl (C=O) groups excluding carboxylic acids is 8. The van der Waals surface area contributed by atoms with Crippen LogP contribution < -0.4 is 10.6 Å². The van der Waals surface area contributed by atoms with Crippen LogP contribution >= 0.6 is 0 Å². The molecule has 2 saturated carbocycles. The van der Waals surface area contributed by atoms with E-state index in [1.165, 1.54) is 50.5 Å². The lowest BCUT2D eigenvalue weighted by atomic mass is 9.46. The summed E-state index contributed by atoms with van der Waals surface area (Å²) in [6.45, 7) is 43.1. The van der Waals surface area contributed by atoms with Gasteiger partial charge in [0.25, 0.3) is 0 Å². The Bertz CT molecular complexity index is 5230. The predicted molar refractivity (Wildman–Crippen MR) is 483 cm³/mol. The maximum atomic E-state index is 16.2. The molecule has 4 aromatic rings. The second-order valence-corrected chi connectivity index (χ2v) is 47.1. The molecule has 2 aromatic heterocycles. The number of alkyl carbamates (subject to hydrolysis) is 2. The summed E-state index contributed by atoms with van der Waals surface area (Å²) in [5, 5.41) is 44.8. The van der Waals surface area contributed by atoms with E-state index >= 15 is 13.6 Å². The number of aliphatic hydroxyl groups excluding tert-OH is 1. The van der Waals surface area contributed by atoms with Gasteiger partial charge in [-0.3, -0.25) is 19.6 Å². The fourth-order valence-corrected chi connectivity index (χ4v) is 28.5. The third-order valence-corrected chi connectivity index (χ3v) is 35.1. The maximum absolute atomic E-state index is 16.2. The molecule has 4 saturated heterocycles. The van der Waals surface area contributed by atoms with Crippen molar-refractivity contribution in [3.63, 3.8) is 0 Å². The number of likely N-dealkylation sites (N-methyl/N-ethyl adjacent to an activating group) is 1. The number of pyridine rings is 2. The lowest BCUT2D eigenvalue weighted by Gasteiger charge is -2.66. The van der Waals surface area contributed by atoms with E-state index in [9.17, 15) is 48.9 Å². The SMILES string of the molecule is C=C[C@@H]1O[C@@H]2C3=C(C)[C@@H](OC(=O)[C@H](O[Si](C(C)C)(C(C)C)C(C)C)[C@@H](NC(=O)OC(C)(C)C)c4ncccc4F)C[C@@](O)([C@@H](OC(=O)c4ccccc4)[C@H]4[C@@](C)(C=C[C@H]5OC[C@]54OC(C)=O)[C@@H]2O1)C3(C)C.CC(=O)O[C@@]12CO[C@@H]1C=C[C@@]1(C)[C@@H]3O[C@H](CN(C)C)O[C@@H]3C3=C(C)[C@@H](OC(=O)[C@H](O)[C@@H](NC(=O)OC(C)(C)C)c4ncccc4F)C[C@@](O)([C@@H](OC(=O)c4ccccc4)[C@@H]12)C3(C)C. The van der Waals surface area contributed by atoms with Gasteiger partial charge < -0.3 is 102 Å². The number of amides is 2. The number of benzene rings is 2. The third-order valence-electron chi connectivity index (χ3n) is 29.0. The molecule has 5 N–H and O–H groups in total. The summed E-state index contributed by atoms with van der Waals surface area (Å²) in [5.74, 6) is -8.99. The van der Waals surface area contributed by atoms with E-state index in [1.54, 1.807) is 142 Å². The van der Waals surface area contributed by atoms with E-state index in [-0.39, 0.29) is 53.1 Å². The first-order chi connectivity index (χ1) is 62.5. The molecule has 24 atom stereocenters. The molecule has 2 amide bonds. The molecule has 6 fully saturated rings. The van der Waals surface area contributed by atoms with Gasteiger partial charge in [-0.1, -0.05) is 150 Å². The predicted octanol–water partition coefficient (Wildman–Crippen LogP) is 13.5. The Morgan fingerprint density at radius 3 is 1.36 bits per heavy atom. The molecule has 0 unspecified atom stereocenters. The van der Waals surface area contributed by atoms with E-state index < -0.39 is 245 Å². The number of nitrogens with zero attached hydrogens (tertiary/aromatic N) is 3. The number of aliphatic hydroxyl groups is 3. The van der Waals surface area contributed by atoms with Gasteiger partial charge in [0, 0.05) is 67.3 Å². The van der Waals surface area contributed by atoms with Gasteiger partial charge in [0.05, 0.1) is 36.2 Å². The molecule has 0 radical (unpaired) electrons. The number of esters is 6. The van der Waals surface area contributed by atoms with Crippen molar-refractivity contribution in [3.05, 3.63) is 191 Å². The summed E-state index contributed by atoms with van der Waals surface area (Å²) in [5.41, 5.74) is -13.1. The van der Waals surface area contributed by atoms with Gasteiger partial charge in [0.2, 0.25) is 8.32 Å². The van der Waals surface area contributed by atoms with E-state index in [4.69, 9.17) is 70.7 Å². The van der Waals surface area contributed by atoms with Gasteiger partial charge in [0.1, 0.15) is 119 Å². The highest BCUT2D eigenvalue weighted by Crippen LogP contribution is 2.68. The van der Waals surface area contributed by atoms with Crippen molar-refractivity contribution in [2.24, 2.45) is 33.5 Å². The van der Waals surface area contributed by atoms with Crippen LogP contribution in [0.25, 0.3) is 0 Å². The second kappa shape index (κ2) is 37.7. The van der Waals surface area contributed by atoms with E-state index in [2.05, 4.69) is 27.2 Å². The molecule has 6 heterocycles. The van der Waals surface area contributed by atoms with Crippen LogP contribution in [-0.2, 0) is 89.9 Å². The summed E-state index contributed by atoms with van der Waals surface area (Å²) in [7, 11) is 0.582. The maximum Gasteiger partial charge on any atom is 0.408 e. The van der Waals surface area contributed by atoms with Crippen LogP contribution in [0.3, 0.4) is 0 Å². The zero-order valence-electron chi connectivity index (χ0n) is 80.8. The molecule has 134 heavy (non-hydrogen) atoms. The smallest absolute Gasteiger partial charge is 0.408 e. The zero-order chi connectivity index (χ0) is 98.4. The van der Waals surface area contributed by atoms with Gasteiger partial charge >= 0.3 is 48.0 Å². The van der Waals surface area contributed by atoms with Gasteiger partial charge in [-0.05, 0) is 163 Å². The number of ether oxygens (including phenoxy) is 14. The molecule has 31 nitrogen and oxygen atoms in total. The minimum Gasteiger partial charge on any atom is -0.456 e. The van der Waals surface area contributed by atoms with Crippen LogP contribution in [0, 0.1) is 45.1 Å². The third kappa shape index (κ3) is 18.4. The Morgan fingerprint density at radius 1 is 0.575 bits per heavy atom. The molecule has 14 rings (SSSR count). The lowest BCUT2D eigenvalue weighted by molar-refractivity contribution is -0.316. The Kier molecular flexibility index (Phi) is 28.7. The Morgan fingerprint density at radius 2 is 0.978 bits per heavy atom. The lowest BCUT2D eigenvalue weighted by Crippen LogP contribution is -2.78. The number of hydrogen-bond donors (Lipinski definition) is 5. The monoisotopic (exact) mass is 1880 g/mol. The summed E-state index contributed by atoms with van der Waals surface area (Å²) in [6, 6.07) is 18.1. The molecule has 10 aliphatic rings. The van der Waals surface area contributed by atoms with Gasteiger partial charge in [-0.15, -0.1) is 0 Å². The summed E-state index contributed by atoms with van der Waals surface area (Å²) >= 11 is 0. The van der Waals surface area contributed by atoms with Crippen LogP contribution in [-0.4, -0.2) is 240 Å². The molecule has 2 aromatic carbocycles. The van der Waals surface area contributed by atoms with Crippen LogP contribution in [0.1, 0.15) is 209 Å². The van der Waals surface area contributed by atoms with E-state index in [1.807, 2.05) is 100 Å². The second-order valence-electron chi connectivity index (χ2n) is 41.7. The highest BCUT2D eigenvalue weighted by Gasteiger charge is 2.79. The summed E-state index contributed by atoms with van der Waals surface area (Å²) < 4.78 is 128. The van der Waals surface area contributed by atoms with Crippen molar-refractivity contribution >= 4 is 56.3 Å². The first-order valence-corrected chi connectivity index (χ1v) is 47.9. The molecule has 6 aliphatic carbocycles. The minimum absolute atomic E-state index is 0.0998. The normalized spacial score (nSPS) is 32.7. The molecule has 0 spiro atoms. The van der Waals surface area contributed by atoms with Crippen LogP contribution in [0.5, 0.6) is 0 Å². The number of carbonyl (C=O) groups is 8. The van der Waals surface area contributed by atoms with Gasteiger partial charge in [-0.25, -0.2) is 37.5 Å². The van der Waals surface area contributed by atoms with Crippen molar-refractivity contribution in [1.29, 1.82) is 0 Å². The van der Waals surface area contributed by atoms with Crippen molar-refractivity contribution in [3.8, 4) is 0 Å². The number of hydrogen-bond acceptors (Lipinski definition) is 29. The molecule has 4 aliphatic heterocycles. The van der Waals surface area contributed by atoms with Crippen molar-refractivity contribution in [2.45, 2.75) is 313 Å². The van der Waals surface area contributed by atoms with Crippen molar-refractivity contribution in [1.82, 2.24) is 25.5 Å². The standard InChI is InChI=1S/C54H73FN2O13Si.C46H58FN3O13/c1-16-38-65-42-39-32(8)36(64-48(60)43(70-71(29(2)3,30(4)5)31(6)7)41(40-35(55)23-20-26-56-40)57-49(61)69-50(10,11)12)27-54(62,51(39,13)14)46(67-47(59)34-21-18-17-19-22-34)44-52(15,45(42)66-38)25-24-37-53(44,28-63-37)68-33(9)58;1-24-28(58-40(54)34(52)33(32-27(47)17-14-20-48-32)49-41(55)63-42(3,4)5)21-46(56)38(61-39(53)26-15-12-11-13-16-26)36-44(8,19-18-29-45(36,23-57-29)62-25(2)51)37-35(31(24)43(46,6)7)59-30(60-37)22-50(9)10/h16-26,29-31,36-38,41-46,62H,1,27-28H2,2-15H3,(H,57,61);11-20,28-30,33-38,52,56H,21-23H2,1-10H3,(H,49,55)/t36-,37+,38+,41-,42+,43+,44-,45+,46-,52+,53-,54+;28-,29+,30+,33-,34+,35+,36-,37+,38-,44+,45-,46+/m00/s1. The zero-order valence-corrected chi connectivity index (χ0v) is 81.8. The average Bonchev–Trinajstić information content (AvgIpc) is 1.15. The van der Waals surface area contributed by atoms with E-state index in [0.29, 0.717) is 28.8 Å². The highest BCUT2D eigenvalue weighted by molar-refractivity contribution is 6.77. The Hall–Kier alpha value is -9.56. The largest absolute Gasteiger partial charge is 0.456 e. The number of fused-ring (bicyclic) bond motifs is 16. The van der Waals surface area contributed by atoms with Gasteiger partial charge in [0.15, 0.2) is 36.0 Å². The first kappa shape index (κ1) is 102. The quantitative estimate of drug-likeness (QED) is 0.0188. The Balaban J connectivity index is 0.000000229. The first-order valence-electron chi connectivity index (χ1n) is 45.8. The molecule has 730 valence electrons. The molecular formula is C100H131F2N5O26Si. The molecule has 4 bridgehead atoms. The summed E-state index contributed by atoms with van der Waals surface area (Å²) in [6.07, 6.45) is -8.04. The molecular weight excluding hydrogens is 1750 g/mol. The van der Waals surface area contributed by atoms with Crippen LogP contribution in [0.15, 0.2) is 157 Å². The van der Waals surface area contributed by atoms with E-state index in [0.717, 1.165) is 6.07 Å². The van der Waals surface area contributed by atoms with Gasteiger partial charge in [-0.2, -0.15) is 0 Å². The number of halogens is 2. The summed E-state index contributed by atoms with van der Waals surface area (Å²) in [4.78, 5) is 123. The van der Waals surface area contributed by atoms with Crippen LogP contribution in [0.4, 0.5) is 18.4 Å². The Labute approximate surface area is 782 Å². The average molecular weight is 1890 g/mol. The highest BCUT2D eigenvalue weighted by atomic mass is 28.4. The molecule has 34 heteroatoms.